The van der Waals surface area contributed by atoms with Gasteiger partial charge < -0.3 is 10.5 Å². The van der Waals surface area contributed by atoms with Crippen LogP contribution in [-0.2, 0) is 0 Å². The van der Waals surface area contributed by atoms with Gasteiger partial charge in [-0.1, -0.05) is 18.2 Å². The van der Waals surface area contributed by atoms with E-state index in [0.717, 1.165) is 31.7 Å². The summed E-state index contributed by atoms with van der Waals surface area (Å²) >= 11 is 0. The van der Waals surface area contributed by atoms with Gasteiger partial charge in [-0.15, -0.1) is 0 Å². The molecule has 0 radical (unpaired) electrons. The van der Waals surface area contributed by atoms with Crippen LogP contribution >= 0.6 is 0 Å². The van der Waals surface area contributed by atoms with Gasteiger partial charge >= 0.3 is 0 Å². The molecule has 2 unspecified atom stereocenters. The Morgan fingerprint density at radius 3 is 2.83 bits per heavy atom. The summed E-state index contributed by atoms with van der Waals surface area (Å²) in [6.45, 7) is 6.46. The second-order valence-corrected chi connectivity index (χ2v) is 6.16. The molecule has 2 N–H and O–H groups in total. The minimum Gasteiger partial charge on any atom is -0.487 e. The number of para-hydroxylation sites is 1. The quantitative estimate of drug-likeness (QED) is 0.826. The first kappa shape index (κ1) is 12.0. The Morgan fingerprint density at radius 1 is 1.33 bits per heavy atom. The van der Waals surface area contributed by atoms with E-state index in [1.54, 1.807) is 0 Å². The molecule has 0 saturated carbocycles. The largest absolute Gasteiger partial charge is 0.487 e. The fourth-order valence-electron chi connectivity index (χ4n) is 3.19. The Labute approximate surface area is 109 Å². The molecule has 0 spiro atoms. The van der Waals surface area contributed by atoms with E-state index in [2.05, 4.69) is 36.9 Å². The monoisotopic (exact) mass is 246 g/mol. The van der Waals surface area contributed by atoms with Crippen molar-refractivity contribution >= 4 is 0 Å². The Bertz CT molecular complexity index is 444. The van der Waals surface area contributed by atoms with Crippen LogP contribution in [-0.4, -0.2) is 29.6 Å². The fourth-order valence-corrected chi connectivity index (χ4v) is 3.19. The van der Waals surface area contributed by atoms with Crippen LogP contribution in [0.15, 0.2) is 24.3 Å². The normalized spacial score (nSPS) is 30.8. The van der Waals surface area contributed by atoms with Crippen molar-refractivity contribution in [1.29, 1.82) is 0 Å². The lowest BCUT2D eigenvalue weighted by Gasteiger charge is -2.41. The lowest BCUT2D eigenvalue weighted by atomic mass is 9.89. The first-order chi connectivity index (χ1) is 8.55. The number of ether oxygens (including phenoxy) is 1. The lowest BCUT2D eigenvalue weighted by molar-refractivity contribution is 0.0364. The highest BCUT2D eigenvalue weighted by Crippen LogP contribution is 2.43. The topological polar surface area (TPSA) is 38.5 Å². The van der Waals surface area contributed by atoms with Crippen molar-refractivity contribution in [3.63, 3.8) is 0 Å². The van der Waals surface area contributed by atoms with Crippen molar-refractivity contribution in [2.24, 2.45) is 5.73 Å². The molecule has 3 nitrogen and oxygen atoms in total. The summed E-state index contributed by atoms with van der Waals surface area (Å²) in [4.78, 5) is 2.52. The molecule has 3 heteroatoms. The Balaban J connectivity index is 1.94. The van der Waals surface area contributed by atoms with E-state index in [1.807, 2.05) is 6.07 Å². The first-order valence-electron chi connectivity index (χ1n) is 6.83. The summed E-state index contributed by atoms with van der Waals surface area (Å²) < 4.78 is 6.08. The van der Waals surface area contributed by atoms with Crippen LogP contribution in [0.3, 0.4) is 0 Å². The molecular formula is C15H22N2O. The molecule has 0 amide bonds. The van der Waals surface area contributed by atoms with E-state index < -0.39 is 0 Å². The average molecular weight is 246 g/mol. The molecule has 98 valence electrons. The van der Waals surface area contributed by atoms with Crippen molar-refractivity contribution in [3.05, 3.63) is 29.8 Å². The van der Waals surface area contributed by atoms with Gasteiger partial charge in [-0.05, 0) is 26.3 Å². The summed E-state index contributed by atoms with van der Waals surface area (Å²) in [5.74, 6) is 1.04. The molecule has 2 aliphatic rings. The van der Waals surface area contributed by atoms with Crippen LogP contribution in [0.25, 0.3) is 0 Å². The number of likely N-dealkylation sites (tertiary alicyclic amines) is 1. The number of hydrogen-bond donors (Lipinski definition) is 1. The number of hydrogen-bond acceptors (Lipinski definition) is 3. The lowest BCUT2D eigenvalue weighted by Crippen LogP contribution is -2.41. The summed E-state index contributed by atoms with van der Waals surface area (Å²) in [7, 11) is 0. The molecule has 18 heavy (non-hydrogen) atoms. The molecule has 1 aromatic carbocycles. The van der Waals surface area contributed by atoms with E-state index in [1.165, 1.54) is 5.56 Å². The standard InChI is InChI=1S/C15H22N2O/c1-15(2)9-13(17-8-7-11(16)10-17)12-5-3-4-6-14(12)18-15/h3-6,11,13H,7-10,16H2,1-2H3. The van der Waals surface area contributed by atoms with Gasteiger partial charge in [-0.3, -0.25) is 4.90 Å². The zero-order valence-corrected chi connectivity index (χ0v) is 11.2. The fraction of sp³-hybridized carbons (Fsp3) is 0.600. The number of nitrogens with two attached hydrogens (primary N) is 1. The van der Waals surface area contributed by atoms with Crippen molar-refractivity contribution in [2.45, 2.75) is 44.4 Å². The van der Waals surface area contributed by atoms with Crippen LogP contribution in [0, 0.1) is 0 Å². The highest BCUT2D eigenvalue weighted by Gasteiger charge is 2.38. The maximum Gasteiger partial charge on any atom is 0.124 e. The minimum absolute atomic E-state index is 0.0916. The Morgan fingerprint density at radius 2 is 2.11 bits per heavy atom. The van der Waals surface area contributed by atoms with Crippen LogP contribution < -0.4 is 10.5 Å². The molecule has 3 rings (SSSR count). The molecule has 1 fully saturated rings. The summed E-state index contributed by atoms with van der Waals surface area (Å²) in [6.07, 6.45) is 2.15. The van der Waals surface area contributed by atoms with E-state index in [9.17, 15) is 0 Å². The zero-order chi connectivity index (χ0) is 12.8. The molecule has 2 heterocycles. The third-order valence-electron chi connectivity index (χ3n) is 4.05. The number of benzene rings is 1. The van der Waals surface area contributed by atoms with Crippen LogP contribution in [0.2, 0.25) is 0 Å². The molecule has 1 saturated heterocycles. The molecule has 0 bridgehead atoms. The molecule has 2 aliphatic heterocycles. The number of rotatable bonds is 1. The SMILES string of the molecule is CC1(C)CC(N2CCC(N)C2)c2ccccc2O1. The summed E-state index contributed by atoms with van der Waals surface area (Å²) in [5, 5.41) is 0. The van der Waals surface area contributed by atoms with Gasteiger partial charge in [0.1, 0.15) is 11.4 Å². The predicted molar refractivity (Wildman–Crippen MR) is 72.7 cm³/mol. The Kier molecular flexibility index (Phi) is 2.83. The molecular weight excluding hydrogens is 224 g/mol. The number of fused-ring (bicyclic) bond motifs is 1. The van der Waals surface area contributed by atoms with E-state index >= 15 is 0 Å². The van der Waals surface area contributed by atoms with Gasteiger partial charge in [-0.25, -0.2) is 0 Å². The van der Waals surface area contributed by atoms with Crippen molar-refractivity contribution < 1.29 is 4.74 Å². The van der Waals surface area contributed by atoms with Gasteiger partial charge in [-0.2, -0.15) is 0 Å². The van der Waals surface area contributed by atoms with E-state index in [0.29, 0.717) is 12.1 Å². The van der Waals surface area contributed by atoms with Crippen molar-refractivity contribution in [2.75, 3.05) is 13.1 Å². The maximum atomic E-state index is 6.08. The average Bonchev–Trinajstić information content (AvgIpc) is 2.73. The van der Waals surface area contributed by atoms with Gasteiger partial charge in [0, 0.05) is 37.2 Å². The maximum absolute atomic E-state index is 6.08. The van der Waals surface area contributed by atoms with Crippen LogP contribution in [0.1, 0.15) is 38.3 Å². The zero-order valence-electron chi connectivity index (χ0n) is 11.2. The third-order valence-corrected chi connectivity index (χ3v) is 4.05. The summed E-state index contributed by atoms with van der Waals surface area (Å²) in [6, 6.07) is 9.22. The van der Waals surface area contributed by atoms with E-state index in [-0.39, 0.29) is 5.60 Å². The number of nitrogens with zero attached hydrogens (tertiary/aromatic N) is 1. The Hall–Kier alpha value is -1.06. The molecule has 2 atom stereocenters. The summed E-state index contributed by atoms with van der Waals surface area (Å²) in [5.41, 5.74) is 7.28. The van der Waals surface area contributed by atoms with Gasteiger partial charge in [0.2, 0.25) is 0 Å². The highest BCUT2D eigenvalue weighted by molar-refractivity contribution is 5.38. The second kappa shape index (κ2) is 4.25. The smallest absolute Gasteiger partial charge is 0.124 e. The molecule has 0 aromatic heterocycles. The van der Waals surface area contributed by atoms with Gasteiger partial charge in [0.25, 0.3) is 0 Å². The predicted octanol–water partition coefficient (Wildman–Crippen LogP) is 2.32. The van der Waals surface area contributed by atoms with Crippen molar-refractivity contribution in [1.82, 2.24) is 4.90 Å². The molecule has 1 aromatic rings. The van der Waals surface area contributed by atoms with E-state index in [4.69, 9.17) is 10.5 Å². The highest BCUT2D eigenvalue weighted by atomic mass is 16.5. The minimum atomic E-state index is -0.0916. The first-order valence-corrected chi connectivity index (χ1v) is 6.83. The van der Waals surface area contributed by atoms with Crippen LogP contribution in [0.5, 0.6) is 5.75 Å². The van der Waals surface area contributed by atoms with Gasteiger partial charge in [0.15, 0.2) is 0 Å². The van der Waals surface area contributed by atoms with Crippen LogP contribution in [0.4, 0.5) is 0 Å². The second-order valence-electron chi connectivity index (χ2n) is 6.16. The molecule has 0 aliphatic carbocycles. The third kappa shape index (κ3) is 2.13. The van der Waals surface area contributed by atoms with Crippen molar-refractivity contribution in [3.8, 4) is 5.75 Å². The van der Waals surface area contributed by atoms with Gasteiger partial charge in [0.05, 0.1) is 0 Å².